The van der Waals surface area contributed by atoms with E-state index in [0.717, 1.165) is 30.9 Å². The Morgan fingerprint density at radius 1 is 1.32 bits per heavy atom. The SMILES string of the molecule is Cc1cnn([C@H](C)C2CC2)c1NC(=O)CN1CCc2ccccc2C1. The molecule has 0 spiro atoms. The number of nitrogens with zero attached hydrogens (tertiary/aromatic N) is 3. The molecular formula is C20H26N4O. The molecule has 1 aliphatic carbocycles. The Kier molecular flexibility index (Phi) is 4.34. The van der Waals surface area contributed by atoms with Gasteiger partial charge < -0.3 is 5.32 Å². The maximum atomic E-state index is 12.6. The minimum absolute atomic E-state index is 0.0484. The van der Waals surface area contributed by atoms with Crippen LogP contribution in [0, 0.1) is 12.8 Å². The molecule has 1 aromatic carbocycles. The van der Waals surface area contributed by atoms with Crippen LogP contribution in [0.25, 0.3) is 0 Å². The average molecular weight is 338 g/mol. The maximum Gasteiger partial charge on any atom is 0.239 e. The number of anilines is 1. The zero-order valence-corrected chi connectivity index (χ0v) is 15.0. The second-order valence-electron chi connectivity index (χ2n) is 7.48. The third-order valence-corrected chi connectivity index (χ3v) is 5.50. The molecule has 4 rings (SSSR count). The van der Waals surface area contributed by atoms with Gasteiger partial charge in [0, 0.05) is 18.7 Å². The van der Waals surface area contributed by atoms with Gasteiger partial charge in [-0.2, -0.15) is 5.10 Å². The summed E-state index contributed by atoms with van der Waals surface area (Å²) in [6, 6.07) is 8.87. The summed E-state index contributed by atoms with van der Waals surface area (Å²) in [6.07, 6.45) is 5.39. The van der Waals surface area contributed by atoms with E-state index < -0.39 is 0 Å². The maximum absolute atomic E-state index is 12.6. The summed E-state index contributed by atoms with van der Waals surface area (Å²) in [7, 11) is 0. The first kappa shape index (κ1) is 16.3. The van der Waals surface area contributed by atoms with Gasteiger partial charge in [-0.1, -0.05) is 24.3 Å². The second kappa shape index (κ2) is 6.64. The first-order valence-electron chi connectivity index (χ1n) is 9.25. The number of nitrogens with one attached hydrogen (secondary N) is 1. The van der Waals surface area contributed by atoms with Crippen LogP contribution >= 0.6 is 0 Å². The molecule has 2 heterocycles. The monoisotopic (exact) mass is 338 g/mol. The molecule has 1 atom stereocenters. The van der Waals surface area contributed by atoms with Crippen LogP contribution in [0.15, 0.2) is 30.5 Å². The molecule has 2 aromatic rings. The first-order chi connectivity index (χ1) is 12.1. The fourth-order valence-corrected chi connectivity index (χ4v) is 3.76. The zero-order valence-electron chi connectivity index (χ0n) is 15.0. The second-order valence-corrected chi connectivity index (χ2v) is 7.48. The standard InChI is InChI=1S/C20H26N4O/c1-14-11-21-24(15(2)16-7-8-16)20(14)22-19(25)13-23-10-9-17-5-3-4-6-18(17)12-23/h3-6,11,15-16H,7-10,12-13H2,1-2H3,(H,22,25)/t15-/m1/s1. The van der Waals surface area contributed by atoms with Crippen LogP contribution in [0.3, 0.4) is 0 Å². The van der Waals surface area contributed by atoms with E-state index in [1.807, 2.05) is 17.8 Å². The van der Waals surface area contributed by atoms with Gasteiger partial charge in [0.2, 0.25) is 5.91 Å². The van der Waals surface area contributed by atoms with Crippen molar-refractivity contribution in [3.05, 3.63) is 47.2 Å². The molecule has 5 nitrogen and oxygen atoms in total. The lowest BCUT2D eigenvalue weighted by atomic mass is 10.00. The fraction of sp³-hybridized carbons (Fsp3) is 0.500. The molecule has 25 heavy (non-hydrogen) atoms. The molecule has 1 aromatic heterocycles. The first-order valence-corrected chi connectivity index (χ1v) is 9.25. The lowest BCUT2D eigenvalue weighted by molar-refractivity contribution is -0.117. The quantitative estimate of drug-likeness (QED) is 0.911. The molecular weight excluding hydrogens is 312 g/mol. The molecule has 1 saturated carbocycles. The van der Waals surface area contributed by atoms with Crippen LogP contribution in [-0.2, 0) is 17.8 Å². The molecule has 1 aliphatic heterocycles. The Labute approximate surface area is 149 Å². The van der Waals surface area contributed by atoms with E-state index >= 15 is 0 Å². The fourth-order valence-electron chi connectivity index (χ4n) is 3.76. The van der Waals surface area contributed by atoms with Crippen molar-refractivity contribution in [2.45, 2.75) is 45.7 Å². The van der Waals surface area contributed by atoms with E-state index in [4.69, 9.17) is 0 Å². The van der Waals surface area contributed by atoms with Gasteiger partial charge in [-0.3, -0.25) is 9.69 Å². The topological polar surface area (TPSA) is 50.2 Å². The van der Waals surface area contributed by atoms with E-state index in [0.29, 0.717) is 18.5 Å². The zero-order chi connectivity index (χ0) is 17.4. The van der Waals surface area contributed by atoms with Crippen molar-refractivity contribution in [3.8, 4) is 0 Å². The highest BCUT2D eigenvalue weighted by molar-refractivity contribution is 5.92. The van der Waals surface area contributed by atoms with E-state index in [1.54, 1.807) is 0 Å². The van der Waals surface area contributed by atoms with Gasteiger partial charge in [-0.15, -0.1) is 0 Å². The van der Waals surface area contributed by atoms with Gasteiger partial charge in [-0.25, -0.2) is 4.68 Å². The summed E-state index contributed by atoms with van der Waals surface area (Å²) in [4.78, 5) is 14.8. The van der Waals surface area contributed by atoms with Crippen LogP contribution in [0.5, 0.6) is 0 Å². The Hall–Kier alpha value is -2.14. The Morgan fingerprint density at radius 3 is 2.84 bits per heavy atom. The molecule has 0 radical (unpaired) electrons. The number of aromatic nitrogens is 2. The molecule has 1 fully saturated rings. The predicted molar refractivity (Wildman–Crippen MR) is 98.5 cm³/mol. The molecule has 132 valence electrons. The van der Waals surface area contributed by atoms with Gasteiger partial charge in [0.1, 0.15) is 5.82 Å². The minimum atomic E-state index is 0.0484. The summed E-state index contributed by atoms with van der Waals surface area (Å²) in [6.45, 7) is 6.41. The Balaban J connectivity index is 1.41. The van der Waals surface area contributed by atoms with Crippen LogP contribution < -0.4 is 5.32 Å². The largest absolute Gasteiger partial charge is 0.310 e. The minimum Gasteiger partial charge on any atom is -0.310 e. The molecule has 1 N–H and O–H groups in total. The number of amides is 1. The predicted octanol–water partition coefficient (Wildman–Crippen LogP) is 3.16. The van der Waals surface area contributed by atoms with Gasteiger partial charge in [-0.05, 0) is 50.2 Å². The van der Waals surface area contributed by atoms with Crippen LogP contribution in [0.1, 0.15) is 42.5 Å². The number of rotatable bonds is 5. The number of benzene rings is 1. The molecule has 5 heteroatoms. The smallest absolute Gasteiger partial charge is 0.239 e. The van der Waals surface area contributed by atoms with Gasteiger partial charge in [0.25, 0.3) is 0 Å². The molecule has 2 aliphatic rings. The summed E-state index contributed by atoms with van der Waals surface area (Å²) < 4.78 is 2.00. The van der Waals surface area contributed by atoms with Crippen molar-refractivity contribution in [1.29, 1.82) is 0 Å². The number of carbonyl (C=O) groups is 1. The summed E-state index contributed by atoms with van der Waals surface area (Å²) in [5, 5.41) is 7.61. The van der Waals surface area contributed by atoms with Crippen molar-refractivity contribution in [2.75, 3.05) is 18.4 Å². The van der Waals surface area contributed by atoms with Crippen LogP contribution in [-0.4, -0.2) is 33.7 Å². The lowest BCUT2D eigenvalue weighted by Gasteiger charge is -2.28. The highest BCUT2D eigenvalue weighted by Crippen LogP contribution is 2.40. The molecule has 0 saturated heterocycles. The third kappa shape index (κ3) is 3.47. The van der Waals surface area contributed by atoms with Gasteiger partial charge in [0.15, 0.2) is 0 Å². The van der Waals surface area contributed by atoms with E-state index in [2.05, 4.69) is 46.5 Å². The normalized spacial score (nSPS) is 18.6. The number of aryl methyl sites for hydroxylation is 1. The van der Waals surface area contributed by atoms with E-state index in [1.165, 1.54) is 24.0 Å². The van der Waals surface area contributed by atoms with Crippen molar-refractivity contribution in [2.24, 2.45) is 5.92 Å². The number of hydrogen-bond donors (Lipinski definition) is 1. The lowest BCUT2D eigenvalue weighted by Crippen LogP contribution is -2.37. The van der Waals surface area contributed by atoms with Crippen LogP contribution in [0.2, 0.25) is 0 Å². The van der Waals surface area contributed by atoms with Crippen molar-refractivity contribution in [3.63, 3.8) is 0 Å². The Morgan fingerprint density at radius 2 is 2.08 bits per heavy atom. The third-order valence-electron chi connectivity index (χ3n) is 5.50. The molecule has 0 unspecified atom stereocenters. The number of carbonyl (C=O) groups excluding carboxylic acids is 1. The average Bonchev–Trinajstić information content (AvgIpc) is 3.40. The summed E-state index contributed by atoms with van der Waals surface area (Å²) in [5.74, 6) is 1.61. The van der Waals surface area contributed by atoms with Gasteiger partial charge >= 0.3 is 0 Å². The van der Waals surface area contributed by atoms with Crippen molar-refractivity contribution in [1.82, 2.24) is 14.7 Å². The van der Waals surface area contributed by atoms with Crippen LogP contribution in [0.4, 0.5) is 5.82 Å². The number of hydrogen-bond acceptors (Lipinski definition) is 3. The summed E-state index contributed by atoms with van der Waals surface area (Å²) in [5.41, 5.74) is 3.78. The number of fused-ring (bicyclic) bond motifs is 1. The molecule has 0 bridgehead atoms. The summed E-state index contributed by atoms with van der Waals surface area (Å²) >= 11 is 0. The molecule has 1 amide bonds. The highest BCUT2D eigenvalue weighted by atomic mass is 16.2. The Bertz CT molecular complexity index is 778. The van der Waals surface area contributed by atoms with E-state index in [9.17, 15) is 4.79 Å². The van der Waals surface area contributed by atoms with Crippen molar-refractivity contribution >= 4 is 11.7 Å². The van der Waals surface area contributed by atoms with Crippen molar-refractivity contribution < 1.29 is 4.79 Å². The van der Waals surface area contributed by atoms with Gasteiger partial charge in [0.05, 0.1) is 18.8 Å². The highest BCUT2D eigenvalue weighted by Gasteiger charge is 2.31. The van der Waals surface area contributed by atoms with E-state index in [-0.39, 0.29) is 5.91 Å².